The molecular formula is C26H35BO4. The fourth-order valence-corrected chi connectivity index (χ4v) is 4.53. The summed E-state index contributed by atoms with van der Waals surface area (Å²) in [6.07, 6.45) is 0.532. The largest absolute Gasteiger partial charge is 0.490 e. The molecule has 0 amide bonds. The summed E-state index contributed by atoms with van der Waals surface area (Å²) in [5.41, 5.74) is 13.1. The standard InChI is InChI=1S/C26H35BO4/c1-13-17(5)25(30-11-21-9-28-21)18(6)14(2)23(13)27-24-15(3)19(7)26(20(8)16(24)4)31-12-22-10-29-22/h21-22,27H,9-12H2,1-8H3. The van der Waals surface area contributed by atoms with Gasteiger partial charge in [0.05, 0.1) is 13.2 Å². The normalized spacial score (nSPS) is 19.4. The number of hydrogen-bond donors (Lipinski definition) is 0. The van der Waals surface area contributed by atoms with Crippen molar-refractivity contribution >= 4 is 18.2 Å². The Morgan fingerprint density at radius 3 is 1.13 bits per heavy atom. The van der Waals surface area contributed by atoms with Gasteiger partial charge in [-0.25, -0.2) is 0 Å². The van der Waals surface area contributed by atoms with Crippen molar-refractivity contribution in [1.29, 1.82) is 0 Å². The number of hydrogen-bond acceptors (Lipinski definition) is 4. The van der Waals surface area contributed by atoms with E-state index in [2.05, 4.69) is 55.4 Å². The molecule has 0 radical (unpaired) electrons. The van der Waals surface area contributed by atoms with E-state index in [1.165, 1.54) is 55.4 Å². The molecule has 2 heterocycles. The zero-order valence-electron chi connectivity index (χ0n) is 20.3. The summed E-state index contributed by atoms with van der Waals surface area (Å²) in [7, 11) is 0.927. The zero-order chi connectivity index (χ0) is 22.4. The van der Waals surface area contributed by atoms with Crippen LogP contribution >= 0.6 is 0 Å². The van der Waals surface area contributed by atoms with E-state index in [1.807, 2.05) is 0 Å². The van der Waals surface area contributed by atoms with Crippen LogP contribution in [-0.4, -0.2) is 45.9 Å². The molecule has 2 saturated heterocycles. The third-order valence-corrected chi connectivity index (χ3v) is 7.41. The van der Waals surface area contributed by atoms with Crippen molar-refractivity contribution in [2.45, 2.75) is 67.6 Å². The monoisotopic (exact) mass is 422 g/mol. The first-order valence-corrected chi connectivity index (χ1v) is 11.4. The van der Waals surface area contributed by atoms with Gasteiger partial charge in [-0.05, 0) is 99.9 Å². The predicted octanol–water partition coefficient (Wildman–Crippen LogP) is 3.10. The molecule has 166 valence electrons. The Balaban J connectivity index is 1.68. The van der Waals surface area contributed by atoms with Crippen molar-refractivity contribution in [1.82, 2.24) is 0 Å². The van der Waals surface area contributed by atoms with E-state index in [0.717, 1.165) is 32.0 Å². The van der Waals surface area contributed by atoms with Crippen LogP contribution < -0.4 is 20.4 Å². The molecule has 2 aromatic rings. The van der Waals surface area contributed by atoms with E-state index in [1.54, 1.807) is 0 Å². The van der Waals surface area contributed by atoms with Crippen LogP contribution in [0.4, 0.5) is 0 Å². The SMILES string of the molecule is Cc1c(C)c(OCC2CO2)c(C)c(C)c1Bc1c(C)c(C)c(OCC2CO2)c(C)c1C. The molecule has 5 heteroatoms. The Morgan fingerprint density at radius 2 is 0.871 bits per heavy atom. The molecule has 0 spiro atoms. The van der Waals surface area contributed by atoms with Crippen LogP contribution in [0.25, 0.3) is 0 Å². The van der Waals surface area contributed by atoms with Gasteiger partial charge >= 0.3 is 0 Å². The summed E-state index contributed by atoms with van der Waals surface area (Å²) < 4.78 is 23.0. The Bertz CT molecular complexity index is 880. The highest BCUT2D eigenvalue weighted by Crippen LogP contribution is 2.31. The predicted molar refractivity (Wildman–Crippen MR) is 128 cm³/mol. The highest BCUT2D eigenvalue weighted by atomic mass is 16.6. The highest BCUT2D eigenvalue weighted by Gasteiger charge is 2.27. The third kappa shape index (κ3) is 4.35. The number of ether oxygens (including phenoxy) is 4. The van der Waals surface area contributed by atoms with Crippen LogP contribution in [0, 0.1) is 55.4 Å². The molecule has 4 rings (SSSR count). The average molecular weight is 422 g/mol. The van der Waals surface area contributed by atoms with Gasteiger partial charge in [-0.2, -0.15) is 0 Å². The molecule has 31 heavy (non-hydrogen) atoms. The lowest BCUT2D eigenvalue weighted by molar-refractivity contribution is 0.260. The summed E-state index contributed by atoms with van der Waals surface area (Å²) in [4.78, 5) is 0. The maximum absolute atomic E-state index is 6.16. The van der Waals surface area contributed by atoms with Crippen molar-refractivity contribution < 1.29 is 18.9 Å². The summed E-state index contributed by atoms with van der Waals surface area (Å²) >= 11 is 0. The van der Waals surface area contributed by atoms with Crippen LogP contribution in [0.2, 0.25) is 0 Å². The fourth-order valence-electron chi connectivity index (χ4n) is 4.53. The van der Waals surface area contributed by atoms with Gasteiger partial charge in [-0.15, -0.1) is 0 Å². The van der Waals surface area contributed by atoms with Gasteiger partial charge < -0.3 is 18.9 Å². The summed E-state index contributed by atoms with van der Waals surface area (Å²) in [5, 5.41) is 0. The first-order valence-electron chi connectivity index (χ1n) is 11.4. The smallest absolute Gasteiger partial charge is 0.193 e. The Morgan fingerprint density at radius 1 is 0.581 bits per heavy atom. The minimum absolute atomic E-state index is 0.266. The zero-order valence-corrected chi connectivity index (χ0v) is 20.3. The molecule has 2 unspecified atom stereocenters. The molecule has 2 aliphatic heterocycles. The summed E-state index contributed by atoms with van der Waals surface area (Å²) in [6, 6.07) is 0. The van der Waals surface area contributed by atoms with E-state index >= 15 is 0 Å². The molecule has 0 N–H and O–H groups in total. The molecule has 2 aromatic carbocycles. The van der Waals surface area contributed by atoms with Gasteiger partial charge in [0.1, 0.15) is 36.9 Å². The Kier molecular flexibility index (Phi) is 6.11. The maximum Gasteiger partial charge on any atom is 0.193 e. The minimum atomic E-state index is 0.266. The maximum atomic E-state index is 6.16. The second-order valence-corrected chi connectivity index (χ2v) is 9.32. The van der Waals surface area contributed by atoms with E-state index in [4.69, 9.17) is 18.9 Å². The lowest BCUT2D eigenvalue weighted by atomic mass is 9.57. The van der Waals surface area contributed by atoms with Crippen LogP contribution in [0.5, 0.6) is 11.5 Å². The van der Waals surface area contributed by atoms with Crippen LogP contribution in [-0.2, 0) is 9.47 Å². The first kappa shape index (κ1) is 22.2. The van der Waals surface area contributed by atoms with Crippen molar-refractivity contribution in [2.75, 3.05) is 26.4 Å². The van der Waals surface area contributed by atoms with E-state index in [0.29, 0.717) is 13.2 Å². The van der Waals surface area contributed by atoms with Gasteiger partial charge in [0, 0.05) is 0 Å². The van der Waals surface area contributed by atoms with E-state index in [9.17, 15) is 0 Å². The number of rotatable bonds is 8. The number of epoxide rings is 2. The van der Waals surface area contributed by atoms with Crippen molar-refractivity contribution in [2.24, 2.45) is 0 Å². The third-order valence-electron chi connectivity index (χ3n) is 7.41. The molecule has 0 bridgehead atoms. The van der Waals surface area contributed by atoms with Crippen LogP contribution in [0.3, 0.4) is 0 Å². The van der Waals surface area contributed by atoms with Crippen molar-refractivity contribution in [3.63, 3.8) is 0 Å². The summed E-state index contributed by atoms with van der Waals surface area (Å²) in [5.74, 6) is 2.06. The van der Waals surface area contributed by atoms with Gasteiger partial charge in [-0.1, -0.05) is 10.9 Å². The molecule has 0 aromatic heterocycles. The van der Waals surface area contributed by atoms with Gasteiger partial charge in [-0.3, -0.25) is 0 Å². The first-order chi connectivity index (χ1) is 14.7. The lowest BCUT2D eigenvalue weighted by Crippen LogP contribution is -2.36. The van der Waals surface area contributed by atoms with Gasteiger partial charge in [0.15, 0.2) is 7.28 Å². The lowest BCUT2D eigenvalue weighted by Gasteiger charge is -2.24. The second-order valence-electron chi connectivity index (χ2n) is 9.32. The molecule has 4 nitrogen and oxygen atoms in total. The van der Waals surface area contributed by atoms with Crippen LogP contribution in [0.15, 0.2) is 0 Å². The molecule has 2 aliphatic rings. The van der Waals surface area contributed by atoms with E-state index in [-0.39, 0.29) is 12.2 Å². The molecule has 2 atom stereocenters. The molecule has 2 fully saturated rings. The minimum Gasteiger partial charge on any atom is -0.490 e. The quantitative estimate of drug-likeness (QED) is 0.485. The van der Waals surface area contributed by atoms with Crippen molar-refractivity contribution in [3.05, 3.63) is 44.5 Å². The Labute approximate surface area is 187 Å². The topological polar surface area (TPSA) is 43.5 Å². The van der Waals surface area contributed by atoms with Crippen LogP contribution in [0.1, 0.15) is 44.5 Å². The molecular weight excluding hydrogens is 387 g/mol. The fraction of sp³-hybridized carbons (Fsp3) is 0.538. The van der Waals surface area contributed by atoms with E-state index < -0.39 is 0 Å². The molecule has 0 saturated carbocycles. The van der Waals surface area contributed by atoms with Crippen molar-refractivity contribution in [3.8, 4) is 11.5 Å². The van der Waals surface area contributed by atoms with Gasteiger partial charge in [0.2, 0.25) is 0 Å². The second kappa shape index (κ2) is 8.52. The Hall–Kier alpha value is -1.98. The van der Waals surface area contributed by atoms with Gasteiger partial charge in [0.25, 0.3) is 0 Å². The highest BCUT2D eigenvalue weighted by molar-refractivity contribution is 6.69. The number of benzene rings is 2. The average Bonchev–Trinajstić information content (AvgIpc) is 3.65. The molecule has 0 aliphatic carbocycles. The summed E-state index contributed by atoms with van der Waals surface area (Å²) in [6.45, 7) is 20.6.